The van der Waals surface area contributed by atoms with Crippen molar-refractivity contribution in [1.82, 2.24) is 14.9 Å². The molecule has 3 aromatic heterocycles. The van der Waals surface area contributed by atoms with Gasteiger partial charge in [-0.2, -0.15) is 0 Å². The molecule has 0 bridgehead atoms. The van der Waals surface area contributed by atoms with Gasteiger partial charge >= 0.3 is 0 Å². The van der Waals surface area contributed by atoms with Gasteiger partial charge in [0.2, 0.25) is 5.91 Å². The van der Waals surface area contributed by atoms with Crippen LogP contribution >= 0.6 is 11.3 Å². The van der Waals surface area contributed by atoms with Crippen molar-refractivity contribution >= 4 is 17.2 Å². The first kappa shape index (κ1) is 15.4. The number of pyridine rings is 1. The number of carbonyl (C=O) groups is 1. The molecule has 0 radical (unpaired) electrons. The van der Waals surface area contributed by atoms with Crippen LogP contribution in [0.3, 0.4) is 0 Å². The van der Waals surface area contributed by atoms with Gasteiger partial charge in [0.1, 0.15) is 16.5 Å². The van der Waals surface area contributed by atoms with Crippen molar-refractivity contribution in [2.45, 2.75) is 19.9 Å². The summed E-state index contributed by atoms with van der Waals surface area (Å²) in [4.78, 5) is 22.7. The van der Waals surface area contributed by atoms with E-state index in [1.54, 1.807) is 18.1 Å². The zero-order valence-electron chi connectivity index (χ0n) is 13.0. The van der Waals surface area contributed by atoms with Gasteiger partial charge in [0.15, 0.2) is 0 Å². The average Bonchev–Trinajstić information content (AvgIpc) is 3.17. The fourth-order valence-corrected chi connectivity index (χ4v) is 2.97. The topological polar surface area (TPSA) is 59.2 Å². The lowest BCUT2D eigenvalue weighted by Gasteiger charge is -2.14. The van der Waals surface area contributed by atoms with Crippen molar-refractivity contribution < 1.29 is 9.21 Å². The van der Waals surface area contributed by atoms with E-state index >= 15 is 0 Å². The number of furan rings is 1. The average molecular weight is 327 g/mol. The minimum atomic E-state index is 0.0110. The second kappa shape index (κ2) is 6.75. The molecular formula is C17H17N3O2S. The SMILES string of the molecule is Cc1ccc(CN(C)C(=O)Cc2csc(-c3ccccn3)n2)o1. The van der Waals surface area contributed by atoms with Crippen LogP contribution in [0, 0.1) is 6.92 Å². The highest BCUT2D eigenvalue weighted by atomic mass is 32.1. The van der Waals surface area contributed by atoms with Crippen molar-refractivity contribution in [3.8, 4) is 10.7 Å². The predicted molar refractivity (Wildman–Crippen MR) is 89.0 cm³/mol. The van der Waals surface area contributed by atoms with Gasteiger partial charge in [0.05, 0.1) is 24.4 Å². The number of hydrogen-bond acceptors (Lipinski definition) is 5. The largest absolute Gasteiger partial charge is 0.464 e. The number of likely N-dealkylation sites (N-methyl/N-ethyl adjacent to an activating group) is 1. The van der Waals surface area contributed by atoms with Crippen LogP contribution in [0.25, 0.3) is 10.7 Å². The molecule has 6 heteroatoms. The third-order valence-electron chi connectivity index (χ3n) is 3.38. The minimum absolute atomic E-state index is 0.0110. The van der Waals surface area contributed by atoms with Crippen LogP contribution in [0.4, 0.5) is 0 Å². The quantitative estimate of drug-likeness (QED) is 0.721. The van der Waals surface area contributed by atoms with Crippen LogP contribution < -0.4 is 0 Å². The highest BCUT2D eigenvalue weighted by Crippen LogP contribution is 2.21. The van der Waals surface area contributed by atoms with E-state index in [-0.39, 0.29) is 12.3 Å². The third-order valence-corrected chi connectivity index (χ3v) is 4.30. The number of thiazole rings is 1. The standard InChI is InChI=1S/C17H17N3O2S/c1-12-6-7-14(22-12)10-20(2)16(21)9-13-11-23-17(19-13)15-5-3-4-8-18-15/h3-8,11H,9-10H2,1-2H3. The molecule has 5 nitrogen and oxygen atoms in total. The smallest absolute Gasteiger partial charge is 0.228 e. The lowest BCUT2D eigenvalue weighted by atomic mass is 10.3. The molecule has 0 aliphatic rings. The van der Waals surface area contributed by atoms with E-state index in [0.29, 0.717) is 6.54 Å². The van der Waals surface area contributed by atoms with Crippen LogP contribution in [-0.4, -0.2) is 27.8 Å². The van der Waals surface area contributed by atoms with Gasteiger partial charge in [-0.15, -0.1) is 11.3 Å². The van der Waals surface area contributed by atoms with Crippen LogP contribution in [0.15, 0.2) is 46.3 Å². The number of aromatic nitrogens is 2. The van der Waals surface area contributed by atoms with Gasteiger partial charge in [-0.05, 0) is 31.2 Å². The van der Waals surface area contributed by atoms with Gasteiger partial charge in [-0.25, -0.2) is 4.98 Å². The van der Waals surface area contributed by atoms with Gasteiger partial charge in [-0.3, -0.25) is 9.78 Å². The van der Waals surface area contributed by atoms with E-state index in [1.165, 1.54) is 11.3 Å². The van der Waals surface area contributed by atoms with Gasteiger partial charge < -0.3 is 9.32 Å². The number of hydrogen-bond donors (Lipinski definition) is 0. The Bertz CT molecular complexity index is 795. The summed E-state index contributed by atoms with van der Waals surface area (Å²) < 4.78 is 5.50. The van der Waals surface area contributed by atoms with E-state index in [4.69, 9.17) is 4.42 Å². The third kappa shape index (κ3) is 3.84. The molecule has 0 spiro atoms. The first-order valence-corrected chi connectivity index (χ1v) is 8.15. The summed E-state index contributed by atoms with van der Waals surface area (Å²) in [6.45, 7) is 2.35. The molecule has 118 valence electrons. The maximum absolute atomic E-state index is 12.3. The highest BCUT2D eigenvalue weighted by Gasteiger charge is 2.14. The molecular weight excluding hydrogens is 310 g/mol. The van der Waals surface area contributed by atoms with Gasteiger partial charge in [0.25, 0.3) is 0 Å². The van der Waals surface area contributed by atoms with Gasteiger partial charge in [-0.1, -0.05) is 6.07 Å². The fourth-order valence-electron chi connectivity index (χ4n) is 2.18. The summed E-state index contributed by atoms with van der Waals surface area (Å²) >= 11 is 1.50. The van der Waals surface area contributed by atoms with Crippen molar-refractivity contribution in [1.29, 1.82) is 0 Å². The molecule has 3 heterocycles. The first-order valence-electron chi connectivity index (χ1n) is 7.27. The summed E-state index contributed by atoms with van der Waals surface area (Å²) in [7, 11) is 1.77. The molecule has 0 atom stereocenters. The lowest BCUT2D eigenvalue weighted by molar-refractivity contribution is -0.129. The lowest BCUT2D eigenvalue weighted by Crippen LogP contribution is -2.27. The second-order valence-electron chi connectivity index (χ2n) is 5.30. The Hall–Kier alpha value is -2.47. The summed E-state index contributed by atoms with van der Waals surface area (Å²) in [5.41, 5.74) is 1.60. The molecule has 0 unspecified atom stereocenters. The molecule has 0 N–H and O–H groups in total. The Morgan fingerprint density at radius 3 is 2.87 bits per heavy atom. The van der Waals surface area contributed by atoms with E-state index < -0.39 is 0 Å². The zero-order chi connectivity index (χ0) is 16.2. The molecule has 0 aromatic carbocycles. The number of aryl methyl sites for hydroxylation is 1. The second-order valence-corrected chi connectivity index (χ2v) is 6.16. The van der Waals surface area contributed by atoms with Crippen molar-refractivity contribution in [3.63, 3.8) is 0 Å². The Balaban J connectivity index is 1.63. The molecule has 0 saturated carbocycles. The normalized spacial score (nSPS) is 10.7. The van der Waals surface area contributed by atoms with Crippen LogP contribution in [0.5, 0.6) is 0 Å². The van der Waals surface area contributed by atoms with Crippen molar-refractivity contribution in [2.24, 2.45) is 0 Å². The maximum Gasteiger partial charge on any atom is 0.228 e. The van der Waals surface area contributed by atoms with E-state index in [1.807, 2.05) is 42.6 Å². The van der Waals surface area contributed by atoms with Crippen LogP contribution in [-0.2, 0) is 17.8 Å². The molecule has 3 aromatic rings. The summed E-state index contributed by atoms with van der Waals surface area (Å²) in [5.74, 6) is 1.64. The first-order chi connectivity index (χ1) is 11.1. The fraction of sp³-hybridized carbons (Fsp3) is 0.235. The van der Waals surface area contributed by atoms with Crippen molar-refractivity contribution in [3.05, 3.63) is 59.1 Å². The number of nitrogens with zero attached hydrogens (tertiary/aromatic N) is 3. The minimum Gasteiger partial charge on any atom is -0.464 e. The van der Waals surface area contributed by atoms with Crippen LogP contribution in [0.1, 0.15) is 17.2 Å². The molecule has 1 amide bonds. The van der Waals surface area contributed by atoms with Gasteiger partial charge in [0, 0.05) is 18.6 Å². The molecule has 0 aliphatic carbocycles. The molecule has 0 fully saturated rings. The van der Waals surface area contributed by atoms with Crippen LogP contribution in [0.2, 0.25) is 0 Å². The Labute approximate surface area is 138 Å². The van der Waals surface area contributed by atoms with Crippen molar-refractivity contribution in [2.75, 3.05) is 7.05 Å². The van der Waals surface area contributed by atoms with E-state index in [0.717, 1.165) is 27.9 Å². The zero-order valence-corrected chi connectivity index (χ0v) is 13.8. The highest BCUT2D eigenvalue weighted by molar-refractivity contribution is 7.13. The van der Waals surface area contributed by atoms with E-state index in [9.17, 15) is 4.79 Å². The summed E-state index contributed by atoms with van der Waals surface area (Å²) in [6.07, 6.45) is 2.01. The number of rotatable bonds is 5. The summed E-state index contributed by atoms with van der Waals surface area (Å²) in [5, 5.41) is 2.74. The molecule has 3 rings (SSSR count). The molecule has 0 saturated heterocycles. The molecule has 0 aliphatic heterocycles. The number of carbonyl (C=O) groups excluding carboxylic acids is 1. The Kier molecular flexibility index (Phi) is 4.52. The maximum atomic E-state index is 12.3. The monoisotopic (exact) mass is 327 g/mol. The Morgan fingerprint density at radius 1 is 1.30 bits per heavy atom. The predicted octanol–water partition coefficient (Wildman–Crippen LogP) is 3.31. The Morgan fingerprint density at radius 2 is 2.17 bits per heavy atom. The van der Waals surface area contributed by atoms with E-state index in [2.05, 4.69) is 9.97 Å². The number of amides is 1. The summed E-state index contributed by atoms with van der Waals surface area (Å²) in [6, 6.07) is 9.49. The molecule has 23 heavy (non-hydrogen) atoms.